The monoisotopic (exact) mass is 579 g/mol. The standard InChI is InChI=1S/C29H33N13O/c30-20-40-14-12-39(13-15-40)19-21-3-5-22(6-4-21)28(43)41(32)25-8-7-24(18-36-38-31)27(16-25)42(33)29-35-11-9-26(37-29)23-2-1-10-34-17-23/h1-11,16-17,20,29-30,37H,12-15,18-19,32-33H2. The Labute approximate surface area is 249 Å². The molecule has 220 valence electrons. The predicted molar refractivity (Wildman–Crippen MR) is 167 cm³/mol. The van der Waals surface area contributed by atoms with Gasteiger partial charge >= 0.3 is 0 Å². The van der Waals surface area contributed by atoms with Gasteiger partial charge in [0.05, 0.1) is 24.3 Å². The Balaban J connectivity index is 1.31. The van der Waals surface area contributed by atoms with Gasteiger partial charge in [0, 0.05) is 73.1 Å². The molecule has 3 heterocycles. The molecule has 3 aromatic rings. The summed E-state index contributed by atoms with van der Waals surface area (Å²) in [5.41, 5.74) is 13.6. The van der Waals surface area contributed by atoms with Gasteiger partial charge < -0.3 is 10.2 Å². The summed E-state index contributed by atoms with van der Waals surface area (Å²) >= 11 is 0. The van der Waals surface area contributed by atoms with Gasteiger partial charge in [0.2, 0.25) is 6.29 Å². The largest absolute Gasteiger partial charge is 0.361 e. The van der Waals surface area contributed by atoms with Crippen molar-refractivity contribution < 1.29 is 4.79 Å². The molecule has 2 aromatic carbocycles. The van der Waals surface area contributed by atoms with E-state index >= 15 is 0 Å². The molecule has 0 radical (unpaired) electrons. The Morgan fingerprint density at radius 3 is 2.65 bits per heavy atom. The van der Waals surface area contributed by atoms with Crippen molar-refractivity contribution in [1.29, 1.82) is 5.41 Å². The highest BCUT2D eigenvalue weighted by Gasteiger charge is 2.23. The van der Waals surface area contributed by atoms with Crippen molar-refractivity contribution >= 4 is 35.5 Å². The van der Waals surface area contributed by atoms with Crippen molar-refractivity contribution in [3.8, 4) is 0 Å². The van der Waals surface area contributed by atoms with Gasteiger partial charge in [0.1, 0.15) is 0 Å². The number of amides is 1. The second-order valence-corrected chi connectivity index (χ2v) is 10.1. The fourth-order valence-electron chi connectivity index (χ4n) is 4.90. The average Bonchev–Trinajstić information content (AvgIpc) is 3.07. The number of nitrogens with zero attached hydrogens (tertiary/aromatic N) is 9. The minimum absolute atomic E-state index is 0.0396. The first-order valence-corrected chi connectivity index (χ1v) is 13.7. The minimum Gasteiger partial charge on any atom is -0.361 e. The zero-order valence-corrected chi connectivity index (χ0v) is 23.5. The Morgan fingerprint density at radius 2 is 1.95 bits per heavy atom. The zero-order valence-electron chi connectivity index (χ0n) is 23.5. The first-order chi connectivity index (χ1) is 21.0. The van der Waals surface area contributed by atoms with E-state index in [-0.39, 0.29) is 12.5 Å². The molecular weight excluding hydrogens is 546 g/mol. The summed E-state index contributed by atoms with van der Waals surface area (Å²) in [5, 5.41) is 16.9. The lowest BCUT2D eigenvalue weighted by atomic mass is 10.1. The molecule has 0 bridgehead atoms. The summed E-state index contributed by atoms with van der Waals surface area (Å²) in [5.74, 6) is 12.5. The van der Waals surface area contributed by atoms with Gasteiger partial charge in [-0.3, -0.25) is 25.1 Å². The quantitative estimate of drug-likeness (QED) is 0.0412. The average molecular weight is 580 g/mol. The molecule has 5 rings (SSSR count). The number of azide groups is 1. The number of nitrogens with one attached hydrogen (secondary N) is 2. The van der Waals surface area contributed by atoms with Crippen LogP contribution in [0.1, 0.15) is 27.0 Å². The zero-order chi connectivity index (χ0) is 30.2. The number of anilines is 2. The fourth-order valence-corrected chi connectivity index (χ4v) is 4.90. The number of piperazine rings is 1. The first-order valence-electron chi connectivity index (χ1n) is 13.7. The van der Waals surface area contributed by atoms with Crippen LogP contribution in [-0.2, 0) is 13.1 Å². The van der Waals surface area contributed by atoms with Crippen LogP contribution < -0.4 is 27.0 Å². The fraction of sp³-hybridized carbons (Fsp3) is 0.241. The van der Waals surface area contributed by atoms with E-state index in [1.54, 1.807) is 48.9 Å². The number of rotatable bonds is 10. The molecule has 2 aliphatic rings. The first kappa shape index (κ1) is 29.2. The minimum atomic E-state index is -0.692. The van der Waals surface area contributed by atoms with Gasteiger partial charge in [-0.15, -0.1) is 0 Å². The van der Waals surface area contributed by atoms with E-state index in [0.29, 0.717) is 22.5 Å². The number of aliphatic imine (C=N–C) groups is 1. The number of nitrogens with two attached hydrogens (primary N) is 2. The van der Waals surface area contributed by atoms with Gasteiger partial charge in [-0.25, -0.2) is 21.7 Å². The van der Waals surface area contributed by atoms with Crippen LogP contribution in [0.25, 0.3) is 16.1 Å². The van der Waals surface area contributed by atoms with Crippen LogP contribution in [0, 0.1) is 5.41 Å². The van der Waals surface area contributed by atoms with Crippen molar-refractivity contribution in [2.24, 2.45) is 21.8 Å². The molecule has 1 aromatic heterocycles. The number of benzene rings is 2. The SMILES string of the molecule is [N-]=[N+]=NCc1ccc(N(N)C(=O)c2ccc(CN3CCN(C=N)CC3)cc2)cc1N(N)C1N=CC=C(c2cccnc2)N1. The number of hydrazine groups is 2. The number of hydrogen-bond donors (Lipinski definition) is 4. The van der Waals surface area contributed by atoms with Crippen molar-refractivity contribution in [1.82, 2.24) is 20.1 Å². The molecule has 43 heavy (non-hydrogen) atoms. The maximum atomic E-state index is 13.4. The lowest BCUT2D eigenvalue weighted by Gasteiger charge is -2.33. The topological polar surface area (TPSA) is 192 Å². The van der Waals surface area contributed by atoms with E-state index in [0.717, 1.165) is 54.6 Å². The Kier molecular flexibility index (Phi) is 9.24. The maximum Gasteiger partial charge on any atom is 0.272 e. The number of aromatic nitrogens is 1. The third-order valence-electron chi connectivity index (χ3n) is 7.33. The number of allylic oxidation sites excluding steroid dienone is 1. The Bertz CT molecular complexity index is 1540. The Morgan fingerprint density at radius 1 is 1.16 bits per heavy atom. The molecular formula is C29H33N13O. The summed E-state index contributed by atoms with van der Waals surface area (Å²) in [7, 11) is 0. The predicted octanol–water partition coefficient (Wildman–Crippen LogP) is 2.82. The summed E-state index contributed by atoms with van der Waals surface area (Å²) in [6.45, 7) is 4.23. The second kappa shape index (κ2) is 13.6. The van der Waals surface area contributed by atoms with E-state index in [1.807, 2.05) is 35.2 Å². The van der Waals surface area contributed by atoms with Crippen LogP contribution >= 0.6 is 0 Å². The summed E-state index contributed by atoms with van der Waals surface area (Å²) in [4.78, 5) is 29.2. The van der Waals surface area contributed by atoms with Crippen LogP contribution in [0.5, 0.6) is 0 Å². The lowest BCUT2D eigenvalue weighted by molar-refractivity contribution is 0.0987. The van der Waals surface area contributed by atoms with Gasteiger partial charge in [-0.05, 0) is 59.1 Å². The van der Waals surface area contributed by atoms with Crippen molar-refractivity contribution in [2.45, 2.75) is 19.4 Å². The molecule has 6 N–H and O–H groups in total. The highest BCUT2D eigenvalue weighted by molar-refractivity contribution is 6.05. The van der Waals surface area contributed by atoms with Crippen molar-refractivity contribution in [3.05, 3.63) is 106 Å². The molecule has 14 heteroatoms. The van der Waals surface area contributed by atoms with E-state index in [9.17, 15) is 4.79 Å². The number of hydrogen-bond acceptors (Lipinski definition) is 10. The summed E-state index contributed by atoms with van der Waals surface area (Å²) in [6.07, 6.45) is 7.59. The molecule has 1 amide bonds. The van der Waals surface area contributed by atoms with Crippen molar-refractivity contribution in [3.63, 3.8) is 0 Å². The summed E-state index contributed by atoms with van der Waals surface area (Å²) < 4.78 is 0. The van der Waals surface area contributed by atoms with Crippen LogP contribution in [0.4, 0.5) is 11.4 Å². The number of pyridine rings is 1. The third-order valence-corrected chi connectivity index (χ3v) is 7.33. The smallest absolute Gasteiger partial charge is 0.272 e. The number of carbonyl (C=O) groups is 1. The van der Waals surface area contributed by atoms with Gasteiger partial charge in [0.15, 0.2) is 0 Å². The molecule has 1 saturated heterocycles. The van der Waals surface area contributed by atoms with Crippen LogP contribution in [0.15, 0.2) is 83.2 Å². The molecule has 14 nitrogen and oxygen atoms in total. The number of carbonyl (C=O) groups excluding carboxylic acids is 1. The highest BCUT2D eigenvalue weighted by atomic mass is 16.2. The van der Waals surface area contributed by atoms with Crippen LogP contribution in [0.3, 0.4) is 0 Å². The third kappa shape index (κ3) is 6.97. The van der Waals surface area contributed by atoms with E-state index in [4.69, 9.17) is 22.6 Å². The molecule has 1 unspecified atom stereocenters. The molecule has 1 atom stereocenters. The normalized spacial score (nSPS) is 16.5. The van der Waals surface area contributed by atoms with E-state index < -0.39 is 6.29 Å². The molecule has 1 fully saturated rings. The van der Waals surface area contributed by atoms with Gasteiger partial charge in [-0.1, -0.05) is 23.3 Å². The summed E-state index contributed by atoms with van der Waals surface area (Å²) in [6, 6.07) is 16.2. The van der Waals surface area contributed by atoms with E-state index in [1.165, 1.54) is 11.3 Å². The lowest BCUT2D eigenvalue weighted by Crippen LogP contribution is -2.50. The van der Waals surface area contributed by atoms with Crippen molar-refractivity contribution in [2.75, 3.05) is 36.2 Å². The van der Waals surface area contributed by atoms with Gasteiger partial charge in [0.25, 0.3) is 5.91 Å². The molecule has 2 aliphatic heterocycles. The molecule has 0 spiro atoms. The molecule has 0 saturated carbocycles. The van der Waals surface area contributed by atoms with Crippen LogP contribution in [-0.4, -0.2) is 65.7 Å². The Hall–Kier alpha value is -5.27. The van der Waals surface area contributed by atoms with E-state index in [2.05, 4.69) is 30.2 Å². The highest BCUT2D eigenvalue weighted by Crippen LogP contribution is 2.28. The van der Waals surface area contributed by atoms with Gasteiger partial charge in [-0.2, -0.15) is 0 Å². The second-order valence-electron chi connectivity index (χ2n) is 10.1. The van der Waals surface area contributed by atoms with Crippen LogP contribution in [0.2, 0.25) is 0 Å². The molecule has 0 aliphatic carbocycles. The maximum absolute atomic E-state index is 13.4.